The smallest absolute Gasteiger partial charge is 0.371 e. The van der Waals surface area contributed by atoms with Crippen molar-refractivity contribution in [2.24, 2.45) is 0 Å². The second-order valence-electron chi connectivity index (χ2n) is 4.81. The van der Waals surface area contributed by atoms with E-state index in [9.17, 15) is 18.0 Å². The Balaban J connectivity index is 2.14. The molecule has 0 aliphatic carbocycles. The molecule has 2 N–H and O–H groups in total. The number of carbonyl (C=O) groups is 2. The van der Waals surface area contributed by atoms with Gasteiger partial charge >= 0.3 is 5.97 Å². The van der Waals surface area contributed by atoms with Gasteiger partial charge in [-0.1, -0.05) is 6.92 Å². The Bertz CT molecular complexity index is 821. The molecule has 8 heteroatoms. The van der Waals surface area contributed by atoms with Gasteiger partial charge in [0.25, 0.3) is 0 Å². The zero-order valence-electron chi connectivity index (χ0n) is 11.8. The number of sulfone groups is 1. The second-order valence-corrected chi connectivity index (χ2v) is 6.99. The standard InChI is InChI=1S/C14H15NO6S/c1-2-5-22(19,20)8-13(16)15-10-3-4-11-9(6-10)7-12(21-11)14(17)18/h3-4,6-7H,2,5,8H2,1H3,(H,15,16)(H,17,18). The molecule has 7 nitrogen and oxygen atoms in total. The van der Waals surface area contributed by atoms with Crippen molar-refractivity contribution in [3.63, 3.8) is 0 Å². The molecule has 1 heterocycles. The lowest BCUT2D eigenvalue weighted by molar-refractivity contribution is -0.113. The normalized spacial score (nSPS) is 11.5. The minimum Gasteiger partial charge on any atom is -0.475 e. The summed E-state index contributed by atoms with van der Waals surface area (Å²) in [6.07, 6.45) is 0.453. The molecule has 22 heavy (non-hydrogen) atoms. The lowest BCUT2D eigenvalue weighted by atomic mass is 10.2. The topological polar surface area (TPSA) is 114 Å². The fourth-order valence-corrected chi connectivity index (χ4v) is 3.24. The SMILES string of the molecule is CCCS(=O)(=O)CC(=O)Nc1ccc2oc(C(=O)O)cc2c1. The number of fused-ring (bicyclic) bond motifs is 1. The summed E-state index contributed by atoms with van der Waals surface area (Å²) in [7, 11) is -3.41. The van der Waals surface area contributed by atoms with Crippen LogP contribution in [0.3, 0.4) is 0 Å². The van der Waals surface area contributed by atoms with Gasteiger partial charge in [0.2, 0.25) is 11.7 Å². The Morgan fingerprint density at radius 2 is 2.00 bits per heavy atom. The van der Waals surface area contributed by atoms with Crippen LogP contribution in [0.2, 0.25) is 0 Å². The van der Waals surface area contributed by atoms with Crippen molar-refractivity contribution in [2.45, 2.75) is 13.3 Å². The number of carboxylic acid groups (broad SMARTS) is 1. The van der Waals surface area contributed by atoms with Gasteiger partial charge in [-0.15, -0.1) is 0 Å². The molecule has 0 bridgehead atoms. The summed E-state index contributed by atoms with van der Waals surface area (Å²) in [4.78, 5) is 22.6. The first-order valence-corrected chi connectivity index (χ1v) is 8.40. The van der Waals surface area contributed by atoms with Crippen molar-refractivity contribution in [1.82, 2.24) is 0 Å². The van der Waals surface area contributed by atoms with Gasteiger partial charge in [-0.2, -0.15) is 0 Å². The summed E-state index contributed by atoms with van der Waals surface area (Å²) in [5, 5.41) is 11.8. The third-order valence-electron chi connectivity index (χ3n) is 2.88. The summed E-state index contributed by atoms with van der Waals surface area (Å²) in [6.45, 7) is 1.72. The predicted octanol–water partition coefficient (Wildman–Crippen LogP) is 1.89. The second kappa shape index (κ2) is 6.18. The number of furan rings is 1. The van der Waals surface area contributed by atoms with E-state index >= 15 is 0 Å². The largest absolute Gasteiger partial charge is 0.475 e. The Morgan fingerprint density at radius 1 is 1.27 bits per heavy atom. The minimum atomic E-state index is -3.41. The van der Waals surface area contributed by atoms with Crippen LogP contribution in [0, 0.1) is 0 Å². The van der Waals surface area contributed by atoms with Crippen molar-refractivity contribution in [3.05, 3.63) is 30.0 Å². The molecule has 0 aliphatic rings. The molecule has 2 aromatic rings. The van der Waals surface area contributed by atoms with Crippen LogP contribution in [0.1, 0.15) is 23.9 Å². The number of anilines is 1. The average Bonchev–Trinajstić information content (AvgIpc) is 2.80. The van der Waals surface area contributed by atoms with Gasteiger partial charge in [-0.05, 0) is 30.7 Å². The van der Waals surface area contributed by atoms with E-state index in [-0.39, 0.29) is 11.5 Å². The molecule has 0 unspecified atom stereocenters. The molecule has 0 saturated carbocycles. The van der Waals surface area contributed by atoms with Crippen molar-refractivity contribution in [2.75, 3.05) is 16.8 Å². The molecule has 0 atom stereocenters. The Kier molecular flexibility index (Phi) is 4.51. The van der Waals surface area contributed by atoms with E-state index in [1.54, 1.807) is 6.92 Å². The number of carboxylic acids is 1. The molecule has 2 rings (SSSR count). The van der Waals surface area contributed by atoms with Crippen LogP contribution in [0.15, 0.2) is 28.7 Å². The van der Waals surface area contributed by atoms with Gasteiger partial charge in [0.05, 0.1) is 5.75 Å². The van der Waals surface area contributed by atoms with Gasteiger partial charge in [0.15, 0.2) is 9.84 Å². The van der Waals surface area contributed by atoms with Crippen LogP contribution in [0.25, 0.3) is 11.0 Å². The maximum Gasteiger partial charge on any atom is 0.371 e. The fraction of sp³-hybridized carbons (Fsp3) is 0.286. The Morgan fingerprint density at radius 3 is 2.64 bits per heavy atom. The third kappa shape index (κ3) is 3.85. The summed E-state index contributed by atoms with van der Waals surface area (Å²) >= 11 is 0. The monoisotopic (exact) mass is 325 g/mol. The lowest BCUT2D eigenvalue weighted by Crippen LogP contribution is -2.24. The first-order chi connectivity index (χ1) is 10.3. The van der Waals surface area contributed by atoms with Crippen LogP contribution in [-0.2, 0) is 14.6 Å². The molecule has 0 radical (unpaired) electrons. The van der Waals surface area contributed by atoms with E-state index < -0.39 is 27.5 Å². The van der Waals surface area contributed by atoms with Gasteiger partial charge in [-0.25, -0.2) is 13.2 Å². The summed E-state index contributed by atoms with van der Waals surface area (Å²) in [6, 6.07) is 5.89. The van der Waals surface area contributed by atoms with Crippen LogP contribution in [-0.4, -0.2) is 36.9 Å². The van der Waals surface area contributed by atoms with Crippen LogP contribution in [0.5, 0.6) is 0 Å². The number of amides is 1. The van der Waals surface area contributed by atoms with E-state index in [1.165, 1.54) is 24.3 Å². The molecule has 118 valence electrons. The Labute approximate surface area is 126 Å². The van der Waals surface area contributed by atoms with E-state index in [2.05, 4.69) is 5.32 Å². The zero-order valence-corrected chi connectivity index (χ0v) is 12.6. The van der Waals surface area contributed by atoms with Crippen molar-refractivity contribution < 1.29 is 27.5 Å². The van der Waals surface area contributed by atoms with E-state index in [4.69, 9.17) is 9.52 Å². The van der Waals surface area contributed by atoms with E-state index in [1.807, 2.05) is 0 Å². The van der Waals surface area contributed by atoms with Crippen LogP contribution in [0.4, 0.5) is 5.69 Å². The zero-order chi connectivity index (χ0) is 16.3. The fourth-order valence-electron chi connectivity index (χ4n) is 2.01. The first kappa shape index (κ1) is 16.0. The molecule has 0 fully saturated rings. The highest BCUT2D eigenvalue weighted by Gasteiger charge is 2.16. The number of carbonyl (C=O) groups excluding carboxylic acids is 1. The minimum absolute atomic E-state index is 0.0385. The molecule has 0 aliphatic heterocycles. The first-order valence-electron chi connectivity index (χ1n) is 6.58. The summed E-state index contributed by atoms with van der Waals surface area (Å²) in [5.74, 6) is -2.64. The highest BCUT2D eigenvalue weighted by Crippen LogP contribution is 2.23. The van der Waals surface area contributed by atoms with Gasteiger partial charge in [-0.3, -0.25) is 4.79 Å². The van der Waals surface area contributed by atoms with E-state index in [0.717, 1.165) is 0 Å². The van der Waals surface area contributed by atoms with Crippen molar-refractivity contribution in [3.8, 4) is 0 Å². The summed E-state index contributed by atoms with van der Waals surface area (Å²) in [5.41, 5.74) is 0.746. The quantitative estimate of drug-likeness (QED) is 0.838. The number of aromatic carboxylic acids is 1. The molecule has 1 aromatic heterocycles. The molecule has 0 spiro atoms. The van der Waals surface area contributed by atoms with Crippen LogP contribution < -0.4 is 5.32 Å². The summed E-state index contributed by atoms with van der Waals surface area (Å²) < 4.78 is 28.3. The van der Waals surface area contributed by atoms with Crippen molar-refractivity contribution >= 4 is 38.4 Å². The highest BCUT2D eigenvalue weighted by atomic mass is 32.2. The number of hydrogen-bond acceptors (Lipinski definition) is 5. The predicted molar refractivity (Wildman–Crippen MR) is 80.7 cm³/mol. The van der Waals surface area contributed by atoms with Gasteiger partial charge in [0.1, 0.15) is 11.3 Å². The molecule has 1 amide bonds. The average molecular weight is 325 g/mol. The lowest BCUT2D eigenvalue weighted by Gasteiger charge is -2.05. The number of rotatable bonds is 6. The molecule has 0 saturated heterocycles. The highest BCUT2D eigenvalue weighted by molar-refractivity contribution is 7.92. The van der Waals surface area contributed by atoms with Gasteiger partial charge in [0, 0.05) is 11.1 Å². The Hall–Kier alpha value is -2.35. The number of benzene rings is 1. The molecule has 1 aromatic carbocycles. The molecular weight excluding hydrogens is 310 g/mol. The maximum atomic E-state index is 11.7. The number of nitrogens with one attached hydrogen (secondary N) is 1. The van der Waals surface area contributed by atoms with Crippen molar-refractivity contribution in [1.29, 1.82) is 0 Å². The molecular formula is C14H15NO6S. The van der Waals surface area contributed by atoms with Crippen LogP contribution >= 0.6 is 0 Å². The maximum absolute atomic E-state index is 11.7. The van der Waals surface area contributed by atoms with E-state index in [0.29, 0.717) is 23.1 Å². The third-order valence-corrected chi connectivity index (χ3v) is 4.61. The van der Waals surface area contributed by atoms with Gasteiger partial charge < -0.3 is 14.8 Å². The number of hydrogen-bond donors (Lipinski definition) is 2.